The molecule has 0 spiro atoms. The van der Waals surface area contributed by atoms with Crippen molar-refractivity contribution in [1.29, 1.82) is 0 Å². The first-order chi connectivity index (χ1) is 25.0. The Bertz CT molecular complexity index is 1990. The lowest BCUT2D eigenvalue weighted by molar-refractivity contribution is 0.606. The summed E-state index contributed by atoms with van der Waals surface area (Å²) in [5.41, 5.74) is 12.0. The molecule has 1 atom stereocenters. The van der Waals surface area contributed by atoms with Crippen LogP contribution >= 0.6 is 0 Å². The Balaban J connectivity index is 0.000000177. The average Bonchev–Trinajstić information content (AvgIpc) is 3.33. The zero-order chi connectivity index (χ0) is 35.3. The number of rotatable bonds is 10. The van der Waals surface area contributed by atoms with E-state index in [1.54, 1.807) is 12.1 Å². The van der Waals surface area contributed by atoms with Gasteiger partial charge in [-0.2, -0.15) is 0 Å². The predicted molar refractivity (Wildman–Crippen MR) is 210 cm³/mol. The van der Waals surface area contributed by atoms with Crippen LogP contribution in [0.25, 0.3) is 23.3 Å². The van der Waals surface area contributed by atoms with E-state index >= 15 is 0 Å². The topological polar surface area (TPSA) is 24.1 Å². The van der Waals surface area contributed by atoms with Gasteiger partial charge >= 0.3 is 0 Å². The second-order valence-electron chi connectivity index (χ2n) is 12.4. The van der Waals surface area contributed by atoms with E-state index in [9.17, 15) is 8.78 Å². The van der Waals surface area contributed by atoms with Gasteiger partial charge in [0, 0.05) is 25.7 Å². The quantitative estimate of drug-likeness (QED) is 0.141. The Hall–Kier alpha value is -5.68. The Morgan fingerprint density at radius 1 is 0.569 bits per heavy atom. The maximum absolute atomic E-state index is 13.1. The SMILES string of the molecule is C[C@@H](NCC=C1c2ccccc2C=Cc2ccccc21)c1ccc(F)cc1.Fc1ccc(CNCC=C(c2ccccc2)c2ccccc2)cc1. The van der Waals surface area contributed by atoms with Crippen molar-refractivity contribution >= 4 is 23.3 Å². The molecule has 0 amide bonds. The zero-order valence-electron chi connectivity index (χ0n) is 28.8. The molecule has 2 N–H and O–H groups in total. The van der Waals surface area contributed by atoms with Gasteiger partial charge in [-0.15, -0.1) is 0 Å². The third-order valence-corrected chi connectivity index (χ3v) is 8.91. The molecule has 0 unspecified atom stereocenters. The lowest BCUT2D eigenvalue weighted by atomic mass is 9.93. The molecule has 0 aliphatic heterocycles. The summed E-state index contributed by atoms with van der Waals surface area (Å²) >= 11 is 0. The molecular formula is C47H42F2N2. The van der Waals surface area contributed by atoms with Crippen LogP contribution in [-0.4, -0.2) is 13.1 Å². The largest absolute Gasteiger partial charge is 0.309 e. The smallest absolute Gasteiger partial charge is 0.123 e. The van der Waals surface area contributed by atoms with Crippen molar-refractivity contribution in [1.82, 2.24) is 10.6 Å². The summed E-state index contributed by atoms with van der Waals surface area (Å²) in [6.07, 6.45) is 8.83. The first-order valence-corrected chi connectivity index (χ1v) is 17.4. The van der Waals surface area contributed by atoms with Crippen molar-refractivity contribution in [3.05, 3.63) is 226 Å². The van der Waals surface area contributed by atoms with Gasteiger partial charge in [-0.1, -0.05) is 158 Å². The molecule has 1 aliphatic rings. The minimum absolute atomic E-state index is 0.150. The molecule has 0 bridgehead atoms. The molecule has 254 valence electrons. The summed E-state index contributed by atoms with van der Waals surface area (Å²) in [7, 11) is 0. The monoisotopic (exact) mass is 672 g/mol. The Kier molecular flexibility index (Phi) is 12.3. The van der Waals surface area contributed by atoms with Gasteiger partial charge in [0.05, 0.1) is 0 Å². The fraction of sp³-hybridized carbons (Fsp3) is 0.106. The van der Waals surface area contributed by atoms with Crippen LogP contribution in [-0.2, 0) is 6.54 Å². The fourth-order valence-electron chi connectivity index (χ4n) is 6.16. The number of halogens is 2. The molecule has 0 saturated carbocycles. The van der Waals surface area contributed by atoms with Crippen LogP contribution in [0, 0.1) is 11.6 Å². The van der Waals surface area contributed by atoms with E-state index < -0.39 is 0 Å². The molecule has 7 rings (SSSR count). The highest BCUT2D eigenvalue weighted by molar-refractivity contribution is 5.93. The number of hydrogen-bond donors (Lipinski definition) is 2. The first-order valence-electron chi connectivity index (χ1n) is 17.4. The Morgan fingerprint density at radius 2 is 1.06 bits per heavy atom. The third-order valence-electron chi connectivity index (χ3n) is 8.91. The standard InChI is InChI=1S/C25H22FN.C22H20FN/c1-18(19-12-14-22(26)15-13-19)27-17-16-25-23-8-4-2-6-20(23)10-11-21-7-3-5-9-24(21)25;23-21-13-11-18(12-14-21)17-24-16-15-22(19-7-3-1-4-8-19)20-9-5-2-6-10-20/h2-16,18,27H,17H2,1H3;1-15,24H,16-17H2/t18-;/m1./s1. The van der Waals surface area contributed by atoms with Crippen molar-refractivity contribution in [2.75, 3.05) is 13.1 Å². The van der Waals surface area contributed by atoms with Crippen molar-refractivity contribution in [3.63, 3.8) is 0 Å². The lowest BCUT2D eigenvalue weighted by Gasteiger charge is -2.15. The van der Waals surface area contributed by atoms with Crippen molar-refractivity contribution in [2.24, 2.45) is 0 Å². The highest BCUT2D eigenvalue weighted by Gasteiger charge is 2.14. The Morgan fingerprint density at radius 3 is 1.61 bits per heavy atom. The van der Waals surface area contributed by atoms with Crippen LogP contribution in [0.15, 0.2) is 170 Å². The van der Waals surface area contributed by atoms with E-state index in [1.807, 2.05) is 24.3 Å². The first kappa shape index (κ1) is 35.2. The highest BCUT2D eigenvalue weighted by atomic mass is 19.1. The molecule has 6 aromatic carbocycles. The normalized spacial score (nSPS) is 12.0. The van der Waals surface area contributed by atoms with E-state index in [4.69, 9.17) is 0 Å². The summed E-state index contributed by atoms with van der Waals surface area (Å²) in [5, 5.41) is 6.92. The summed E-state index contributed by atoms with van der Waals surface area (Å²) in [4.78, 5) is 0. The molecule has 0 heterocycles. The maximum Gasteiger partial charge on any atom is 0.123 e. The van der Waals surface area contributed by atoms with Gasteiger partial charge in [0.15, 0.2) is 0 Å². The Labute approximate surface area is 300 Å². The van der Waals surface area contributed by atoms with Crippen LogP contribution in [0.1, 0.15) is 57.5 Å². The van der Waals surface area contributed by atoms with Gasteiger partial charge in [0.2, 0.25) is 0 Å². The molecule has 4 heteroatoms. The second-order valence-corrected chi connectivity index (χ2v) is 12.4. The predicted octanol–water partition coefficient (Wildman–Crippen LogP) is 11.1. The van der Waals surface area contributed by atoms with Gasteiger partial charge in [-0.3, -0.25) is 0 Å². The molecule has 1 aliphatic carbocycles. The number of benzene rings is 6. The molecule has 0 radical (unpaired) electrons. The lowest BCUT2D eigenvalue weighted by Crippen LogP contribution is -2.18. The summed E-state index contributed by atoms with van der Waals surface area (Å²) in [5.74, 6) is -0.402. The highest BCUT2D eigenvalue weighted by Crippen LogP contribution is 2.33. The van der Waals surface area contributed by atoms with E-state index in [1.165, 1.54) is 68.8 Å². The van der Waals surface area contributed by atoms with Gasteiger partial charge < -0.3 is 10.6 Å². The van der Waals surface area contributed by atoms with Crippen molar-refractivity contribution < 1.29 is 8.78 Å². The van der Waals surface area contributed by atoms with Crippen molar-refractivity contribution in [2.45, 2.75) is 19.5 Å². The van der Waals surface area contributed by atoms with Crippen LogP contribution in [0.3, 0.4) is 0 Å². The third kappa shape index (κ3) is 9.73. The molecular weight excluding hydrogens is 631 g/mol. The zero-order valence-corrected chi connectivity index (χ0v) is 28.8. The maximum atomic E-state index is 13.1. The number of fused-ring (bicyclic) bond motifs is 2. The minimum Gasteiger partial charge on any atom is -0.309 e. The molecule has 0 fully saturated rings. The molecule has 0 saturated heterocycles. The van der Waals surface area contributed by atoms with Gasteiger partial charge in [0.25, 0.3) is 0 Å². The van der Waals surface area contributed by atoms with Crippen LogP contribution in [0.4, 0.5) is 8.78 Å². The van der Waals surface area contributed by atoms with Crippen LogP contribution in [0.5, 0.6) is 0 Å². The molecule has 0 aromatic heterocycles. The molecule has 2 nitrogen and oxygen atoms in total. The van der Waals surface area contributed by atoms with E-state index in [0.717, 1.165) is 24.2 Å². The summed E-state index contributed by atoms with van der Waals surface area (Å²) < 4.78 is 26.1. The minimum atomic E-state index is -0.202. The summed E-state index contributed by atoms with van der Waals surface area (Å²) in [6, 6.07) is 51.2. The second kappa shape index (κ2) is 17.8. The van der Waals surface area contributed by atoms with E-state index in [-0.39, 0.29) is 17.7 Å². The molecule has 51 heavy (non-hydrogen) atoms. The van der Waals surface area contributed by atoms with Gasteiger partial charge in [-0.05, 0) is 86.8 Å². The van der Waals surface area contributed by atoms with Crippen molar-refractivity contribution in [3.8, 4) is 0 Å². The fourth-order valence-corrected chi connectivity index (χ4v) is 6.16. The average molecular weight is 673 g/mol. The number of nitrogens with one attached hydrogen (secondary N) is 2. The molecule has 6 aromatic rings. The van der Waals surface area contributed by atoms with Crippen LogP contribution < -0.4 is 10.6 Å². The summed E-state index contributed by atoms with van der Waals surface area (Å²) in [6.45, 7) is 4.29. The van der Waals surface area contributed by atoms with Crippen LogP contribution in [0.2, 0.25) is 0 Å². The van der Waals surface area contributed by atoms with Gasteiger partial charge in [0.1, 0.15) is 11.6 Å². The van der Waals surface area contributed by atoms with Gasteiger partial charge in [-0.25, -0.2) is 8.78 Å². The van der Waals surface area contributed by atoms with E-state index in [2.05, 4.69) is 139 Å². The van der Waals surface area contributed by atoms with E-state index in [0.29, 0.717) is 6.54 Å². The number of hydrogen-bond acceptors (Lipinski definition) is 2.